The number of halogens is 1. The molecule has 4 heteroatoms. The molecule has 0 fully saturated rings. The van der Waals surface area contributed by atoms with Crippen molar-refractivity contribution < 1.29 is 0 Å². The average Bonchev–Trinajstić information content (AvgIpc) is 2.18. The molecule has 0 spiro atoms. The topological polar surface area (TPSA) is 28.2 Å². The second-order valence-electron chi connectivity index (χ2n) is 3.25. The number of anilines is 1. The van der Waals surface area contributed by atoms with E-state index in [1.54, 1.807) is 6.20 Å². The van der Waals surface area contributed by atoms with Crippen LogP contribution in [0.15, 0.2) is 12.3 Å². The summed E-state index contributed by atoms with van der Waals surface area (Å²) in [4.78, 5) is 6.25. The van der Waals surface area contributed by atoms with Crippen molar-refractivity contribution in [3.05, 3.63) is 23.0 Å². The van der Waals surface area contributed by atoms with Crippen molar-refractivity contribution in [2.75, 3.05) is 32.1 Å². The Bertz CT molecular complexity index is 301. The van der Waals surface area contributed by atoms with Crippen LogP contribution in [-0.2, 0) is 0 Å². The molecule has 78 valence electrons. The van der Waals surface area contributed by atoms with Gasteiger partial charge in [0, 0.05) is 26.3 Å². The fraction of sp³-hybridized carbons (Fsp3) is 0.500. The smallest absolute Gasteiger partial charge is 0.0851 e. The summed E-state index contributed by atoms with van der Waals surface area (Å²) < 4.78 is 0. The van der Waals surface area contributed by atoms with Crippen molar-refractivity contribution in [1.82, 2.24) is 10.3 Å². The number of nitrogens with one attached hydrogen (secondary N) is 1. The summed E-state index contributed by atoms with van der Waals surface area (Å²) in [5.74, 6) is 0. The van der Waals surface area contributed by atoms with E-state index in [1.807, 2.05) is 27.1 Å². The van der Waals surface area contributed by atoms with Crippen molar-refractivity contribution in [2.24, 2.45) is 0 Å². The zero-order chi connectivity index (χ0) is 10.6. The fourth-order valence-electron chi connectivity index (χ4n) is 1.23. The number of aryl methyl sites for hydroxylation is 1. The first-order valence-electron chi connectivity index (χ1n) is 4.63. The van der Waals surface area contributed by atoms with Crippen LogP contribution in [0.25, 0.3) is 0 Å². The summed E-state index contributed by atoms with van der Waals surface area (Å²) >= 11 is 6.14. The predicted octanol–water partition coefficient (Wildman–Crippen LogP) is 1.70. The molecule has 0 bridgehead atoms. The van der Waals surface area contributed by atoms with E-state index in [0.29, 0.717) is 0 Å². The van der Waals surface area contributed by atoms with Gasteiger partial charge in [0.2, 0.25) is 0 Å². The second-order valence-corrected chi connectivity index (χ2v) is 3.63. The van der Waals surface area contributed by atoms with Crippen molar-refractivity contribution in [3.8, 4) is 0 Å². The van der Waals surface area contributed by atoms with Crippen LogP contribution >= 0.6 is 11.6 Å². The highest BCUT2D eigenvalue weighted by atomic mass is 35.5. The van der Waals surface area contributed by atoms with Gasteiger partial charge in [-0.2, -0.15) is 0 Å². The summed E-state index contributed by atoms with van der Waals surface area (Å²) in [7, 11) is 3.96. The van der Waals surface area contributed by atoms with Gasteiger partial charge < -0.3 is 10.2 Å². The Balaban J connectivity index is 2.79. The predicted molar refractivity (Wildman–Crippen MR) is 61.2 cm³/mol. The van der Waals surface area contributed by atoms with E-state index in [9.17, 15) is 0 Å². The summed E-state index contributed by atoms with van der Waals surface area (Å²) in [6.45, 7) is 3.78. The third kappa shape index (κ3) is 2.59. The van der Waals surface area contributed by atoms with Crippen LogP contribution in [0.5, 0.6) is 0 Å². The SMILES string of the molecule is CNCCN(C)c1ccnc(C)c1Cl. The number of rotatable bonds is 4. The maximum atomic E-state index is 6.14. The lowest BCUT2D eigenvalue weighted by Crippen LogP contribution is -2.27. The molecule has 14 heavy (non-hydrogen) atoms. The largest absolute Gasteiger partial charge is 0.372 e. The van der Waals surface area contributed by atoms with Crippen LogP contribution in [0, 0.1) is 6.92 Å². The number of aromatic nitrogens is 1. The Hall–Kier alpha value is -0.800. The van der Waals surface area contributed by atoms with Gasteiger partial charge in [0.05, 0.1) is 16.4 Å². The molecule has 0 atom stereocenters. The van der Waals surface area contributed by atoms with Gasteiger partial charge in [0.25, 0.3) is 0 Å². The highest BCUT2D eigenvalue weighted by Gasteiger charge is 2.07. The Labute approximate surface area is 90.1 Å². The van der Waals surface area contributed by atoms with Crippen molar-refractivity contribution >= 4 is 17.3 Å². The molecule has 1 heterocycles. The Morgan fingerprint density at radius 1 is 1.57 bits per heavy atom. The summed E-state index contributed by atoms with van der Waals surface area (Å²) in [5, 5.41) is 3.84. The van der Waals surface area contributed by atoms with E-state index in [4.69, 9.17) is 11.6 Å². The molecule has 0 aliphatic carbocycles. The van der Waals surface area contributed by atoms with E-state index in [-0.39, 0.29) is 0 Å². The van der Waals surface area contributed by atoms with E-state index in [2.05, 4.69) is 15.2 Å². The molecular formula is C10H16ClN3. The summed E-state index contributed by atoms with van der Waals surface area (Å²) in [6, 6.07) is 1.94. The number of pyridine rings is 1. The molecule has 0 saturated carbocycles. The minimum atomic E-state index is 0.742. The Morgan fingerprint density at radius 3 is 2.93 bits per heavy atom. The first-order valence-corrected chi connectivity index (χ1v) is 5.01. The maximum Gasteiger partial charge on any atom is 0.0851 e. The standard InChI is InChI=1S/C10H16ClN3/c1-8-10(11)9(4-5-13-8)14(3)7-6-12-2/h4-5,12H,6-7H2,1-3H3. The highest BCUT2D eigenvalue weighted by molar-refractivity contribution is 6.33. The van der Waals surface area contributed by atoms with Crippen LogP contribution in [0.2, 0.25) is 5.02 Å². The quantitative estimate of drug-likeness (QED) is 0.826. The van der Waals surface area contributed by atoms with Gasteiger partial charge in [-0.25, -0.2) is 0 Å². The van der Waals surface area contributed by atoms with Crippen LogP contribution < -0.4 is 10.2 Å². The maximum absolute atomic E-state index is 6.14. The summed E-state index contributed by atoms with van der Waals surface area (Å²) in [6.07, 6.45) is 1.78. The molecule has 0 radical (unpaired) electrons. The first kappa shape index (κ1) is 11.3. The molecule has 0 unspecified atom stereocenters. The highest BCUT2D eigenvalue weighted by Crippen LogP contribution is 2.25. The fourth-order valence-corrected chi connectivity index (χ4v) is 1.49. The average molecular weight is 214 g/mol. The van der Waals surface area contributed by atoms with Gasteiger partial charge in [-0.1, -0.05) is 11.6 Å². The zero-order valence-electron chi connectivity index (χ0n) is 8.84. The Morgan fingerprint density at radius 2 is 2.29 bits per heavy atom. The normalized spacial score (nSPS) is 10.3. The lowest BCUT2D eigenvalue weighted by atomic mass is 10.3. The van der Waals surface area contributed by atoms with Gasteiger partial charge in [0.15, 0.2) is 0 Å². The third-order valence-corrected chi connectivity index (χ3v) is 2.62. The molecule has 0 aliphatic rings. The molecule has 1 N–H and O–H groups in total. The molecule has 0 aliphatic heterocycles. The van der Waals surface area contributed by atoms with Crippen LogP contribution in [0.3, 0.4) is 0 Å². The monoisotopic (exact) mass is 213 g/mol. The second kappa shape index (κ2) is 5.17. The molecular weight excluding hydrogens is 198 g/mol. The number of likely N-dealkylation sites (N-methyl/N-ethyl adjacent to an activating group) is 2. The minimum absolute atomic E-state index is 0.742. The van der Waals surface area contributed by atoms with Gasteiger partial charge in [-0.15, -0.1) is 0 Å². The number of hydrogen-bond acceptors (Lipinski definition) is 3. The lowest BCUT2D eigenvalue weighted by Gasteiger charge is -2.20. The van der Waals surface area contributed by atoms with Gasteiger partial charge in [-0.05, 0) is 20.0 Å². The minimum Gasteiger partial charge on any atom is -0.372 e. The van der Waals surface area contributed by atoms with E-state index in [1.165, 1.54) is 0 Å². The third-order valence-electron chi connectivity index (χ3n) is 2.15. The summed E-state index contributed by atoms with van der Waals surface area (Å²) in [5.41, 5.74) is 1.91. The van der Waals surface area contributed by atoms with Crippen molar-refractivity contribution in [1.29, 1.82) is 0 Å². The molecule has 1 rings (SSSR count). The van der Waals surface area contributed by atoms with E-state index < -0.39 is 0 Å². The van der Waals surface area contributed by atoms with Gasteiger partial charge >= 0.3 is 0 Å². The van der Waals surface area contributed by atoms with E-state index in [0.717, 1.165) is 29.5 Å². The van der Waals surface area contributed by atoms with Crippen LogP contribution in [0.4, 0.5) is 5.69 Å². The molecule has 1 aromatic heterocycles. The number of hydrogen-bond donors (Lipinski definition) is 1. The molecule has 0 amide bonds. The molecule has 0 aromatic carbocycles. The Kier molecular flexibility index (Phi) is 4.17. The molecule has 3 nitrogen and oxygen atoms in total. The van der Waals surface area contributed by atoms with Gasteiger partial charge in [0.1, 0.15) is 0 Å². The van der Waals surface area contributed by atoms with Crippen molar-refractivity contribution in [3.63, 3.8) is 0 Å². The van der Waals surface area contributed by atoms with E-state index >= 15 is 0 Å². The van der Waals surface area contributed by atoms with Crippen LogP contribution in [0.1, 0.15) is 5.69 Å². The van der Waals surface area contributed by atoms with Gasteiger partial charge in [-0.3, -0.25) is 4.98 Å². The van der Waals surface area contributed by atoms with Crippen LogP contribution in [-0.4, -0.2) is 32.2 Å². The first-order chi connectivity index (χ1) is 6.66. The number of nitrogens with zero attached hydrogens (tertiary/aromatic N) is 2. The van der Waals surface area contributed by atoms with Crippen molar-refractivity contribution in [2.45, 2.75) is 6.92 Å². The molecule has 0 saturated heterocycles. The molecule has 1 aromatic rings. The zero-order valence-corrected chi connectivity index (χ0v) is 9.60. The lowest BCUT2D eigenvalue weighted by molar-refractivity contribution is 0.767.